The fourth-order valence-electron chi connectivity index (χ4n) is 2.70. The number of piperazine rings is 1. The van der Waals surface area contributed by atoms with Gasteiger partial charge in [-0.05, 0) is 0 Å². The summed E-state index contributed by atoms with van der Waals surface area (Å²) in [7, 11) is 3.86. The highest BCUT2D eigenvalue weighted by molar-refractivity contribution is 5.49. The molecule has 2 aromatic rings. The summed E-state index contributed by atoms with van der Waals surface area (Å²) in [5.41, 5.74) is 0.0791. The molecular weight excluding hydrogens is 314 g/mol. The summed E-state index contributed by atoms with van der Waals surface area (Å²) in [5.74, 6) is 0.533. The van der Waals surface area contributed by atoms with Crippen LogP contribution in [0.4, 0.5) is 20.4 Å². The van der Waals surface area contributed by atoms with Gasteiger partial charge in [-0.2, -0.15) is 0 Å². The van der Waals surface area contributed by atoms with Crippen molar-refractivity contribution in [3.63, 3.8) is 0 Å². The molecule has 0 atom stereocenters. The van der Waals surface area contributed by atoms with Crippen molar-refractivity contribution in [3.05, 3.63) is 42.0 Å². The van der Waals surface area contributed by atoms with Gasteiger partial charge in [0.1, 0.15) is 29.6 Å². The first kappa shape index (κ1) is 16.5. The van der Waals surface area contributed by atoms with E-state index in [0.29, 0.717) is 13.1 Å². The van der Waals surface area contributed by atoms with Gasteiger partial charge in [0.25, 0.3) is 0 Å². The molecule has 3 heterocycles. The van der Waals surface area contributed by atoms with Gasteiger partial charge in [-0.15, -0.1) is 0 Å². The van der Waals surface area contributed by atoms with E-state index < -0.39 is 11.6 Å². The zero-order chi connectivity index (χ0) is 17.1. The zero-order valence-electron chi connectivity index (χ0n) is 13.8. The van der Waals surface area contributed by atoms with Crippen molar-refractivity contribution in [1.29, 1.82) is 0 Å². The van der Waals surface area contributed by atoms with Gasteiger partial charge >= 0.3 is 0 Å². The van der Waals surface area contributed by atoms with Gasteiger partial charge in [-0.1, -0.05) is 0 Å². The Morgan fingerprint density at radius 3 is 2.33 bits per heavy atom. The first-order chi connectivity index (χ1) is 11.5. The van der Waals surface area contributed by atoms with Crippen LogP contribution in [0.1, 0.15) is 5.56 Å². The molecule has 0 N–H and O–H groups in total. The van der Waals surface area contributed by atoms with Crippen LogP contribution in [0.2, 0.25) is 0 Å². The van der Waals surface area contributed by atoms with Crippen molar-refractivity contribution in [2.75, 3.05) is 50.1 Å². The van der Waals surface area contributed by atoms with E-state index in [1.807, 2.05) is 30.0 Å². The van der Waals surface area contributed by atoms with Crippen LogP contribution in [0.3, 0.4) is 0 Å². The standard InChI is InChI=1S/C16H20F2N6/c1-22(2)15-7-16(21-11-20-15)24-5-3-23(4-6-24)10-12-13(17)8-19-9-14(12)18/h7-9,11H,3-6,10H2,1-2H3. The molecule has 1 saturated heterocycles. The lowest BCUT2D eigenvalue weighted by Crippen LogP contribution is -2.46. The Kier molecular flexibility index (Phi) is 4.84. The molecular formula is C16H20F2N6. The van der Waals surface area contributed by atoms with Crippen LogP contribution in [-0.2, 0) is 6.54 Å². The molecule has 0 unspecified atom stereocenters. The summed E-state index contributed by atoms with van der Waals surface area (Å²) in [5, 5.41) is 0. The second kappa shape index (κ2) is 7.04. The van der Waals surface area contributed by atoms with Crippen molar-refractivity contribution < 1.29 is 8.78 Å². The van der Waals surface area contributed by atoms with Crippen molar-refractivity contribution in [2.24, 2.45) is 0 Å². The van der Waals surface area contributed by atoms with E-state index in [0.717, 1.165) is 37.1 Å². The number of anilines is 2. The number of rotatable bonds is 4. The minimum Gasteiger partial charge on any atom is -0.363 e. The van der Waals surface area contributed by atoms with Crippen LogP contribution < -0.4 is 9.80 Å². The Morgan fingerprint density at radius 1 is 1.04 bits per heavy atom. The summed E-state index contributed by atoms with van der Waals surface area (Å²) in [6.07, 6.45) is 3.66. The molecule has 0 saturated carbocycles. The molecule has 0 aliphatic carbocycles. The lowest BCUT2D eigenvalue weighted by Gasteiger charge is -2.35. The molecule has 0 amide bonds. The molecule has 24 heavy (non-hydrogen) atoms. The Balaban J connectivity index is 1.63. The lowest BCUT2D eigenvalue weighted by atomic mass is 10.2. The zero-order valence-corrected chi connectivity index (χ0v) is 13.8. The fourth-order valence-corrected chi connectivity index (χ4v) is 2.70. The third kappa shape index (κ3) is 3.59. The van der Waals surface area contributed by atoms with Gasteiger partial charge in [0, 0.05) is 58.4 Å². The summed E-state index contributed by atoms with van der Waals surface area (Å²) in [6.45, 7) is 3.17. The second-order valence-corrected chi connectivity index (χ2v) is 5.97. The normalized spacial score (nSPS) is 15.6. The molecule has 0 aromatic carbocycles. The summed E-state index contributed by atoms with van der Waals surface area (Å²) >= 11 is 0. The molecule has 6 nitrogen and oxygen atoms in total. The van der Waals surface area contributed by atoms with Crippen molar-refractivity contribution in [2.45, 2.75) is 6.54 Å². The molecule has 0 radical (unpaired) electrons. The smallest absolute Gasteiger partial charge is 0.148 e. The third-order valence-corrected chi connectivity index (χ3v) is 4.13. The number of nitrogens with zero attached hydrogens (tertiary/aromatic N) is 6. The maximum atomic E-state index is 13.7. The predicted molar refractivity (Wildman–Crippen MR) is 88.0 cm³/mol. The molecule has 2 aromatic heterocycles. The van der Waals surface area contributed by atoms with E-state index in [1.165, 1.54) is 0 Å². The van der Waals surface area contributed by atoms with Crippen LogP contribution in [-0.4, -0.2) is 60.1 Å². The van der Waals surface area contributed by atoms with Crippen molar-refractivity contribution >= 4 is 11.6 Å². The van der Waals surface area contributed by atoms with E-state index in [4.69, 9.17) is 0 Å². The molecule has 1 aliphatic heterocycles. The van der Waals surface area contributed by atoms with E-state index in [-0.39, 0.29) is 12.1 Å². The van der Waals surface area contributed by atoms with Gasteiger partial charge in [0.05, 0.1) is 12.4 Å². The van der Waals surface area contributed by atoms with Crippen LogP contribution in [0, 0.1) is 11.6 Å². The van der Waals surface area contributed by atoms with Crippen molar-refractivity contribution in [1.82, 2.24) is 19.9 Å². The van der Waals surface area contributed by atoms with Crippen LogP contribution >= 0.6 is 0 Å². The second-order valence-electron chi connectivity index (χ2n) is 5.97. The van der Waals surface area contributed by atoms with E-state index in [2.05, 4.69) is 19.9 Å². The molecule has 3 rings (SSSR count). The van der Waals surface area contributed by atoms with Crippen LogP contribution in [0.15, 0.2) is 24.8 Å². The molecule has 0 spiro atoms. The first-order valence-corrected chi connectivity index (χ1v) is 7.79. The maximum Gasteiger partial charge on any atom is 0.148 e. The van der Waals surface area contributed by atoms with Gasteiger partial charge in [0.2, 0.25) is 0 Å². The maximum absolute atomic E-state index is 13.7. The summed E-state index contributed by atoms with van der Waals surface area (Å²) in [4.78, 5) is 18.2. The molecule has 1 aliphatic rings. The number of aromatic nitrogens is 3. The number of hydrogen-bond acceptors (Lipinski definition) is 6. The van der Waals surface area contributed by atoms with Gasteiger partial charge in [0.15, 0.2) is 0 Å². The minimum absolute atomic E-state index is 0.0791. The highest BCUT2D eigenvalue weighted by atomic mass is 19.1. The Bertz CT molecular complexity index is 680. The number of hydrogen-bond donors (Lipinski definition) is 0. The highest BCUT2D eigenvalue weighted by Gasteiger charge is 2.21. The van der Waals surface area contributed by atoms with Gasteiger partial charge in [-0.25, -0.2) is 18.7 Å². The first-order valence-electron chi connectivity index (χ1n) is 7.79. The predicted octanol–water partition coefficient (Wildman–Crippen LogP) is 1.54. The Morgan fingerprint density at radius 2 is 1.71 bits per heavy atom. The monoisotopic (exact) mass is 334 g/mol. The van der Waals surface area contributed by atoms with Crippen molar-refractivity contribution in [3.8, 4) is 0 Å². The van der Waals surface area contributed by atoms with E-state index in [9.17, 15) is 8.78 Å². The van der Waals surface area contributed by atoms with Gasteiger partial charge < -0.3 is 9.80 Å². The molecule has 8 heteroatoms. The lowest BCUT2D eigenvalue weighted by molar-refractivity contribution is 0.242. The van der Waals surface area contributed by atoms with E-state index in [1.54, 1.807) is 6.33 Å². The summed E-state index contributed by atoms with van der Waals surface area (Å²) in [6, 6.07) is 1.94. The molecule has 0 bridgehead atoms. The van der Waals surface area contributed by atoms with Gasteiger partial charge in [-0.3, -0.25) is 9.88 Å². The highest BCUT2D eigenvalue weighted by Crippen LogP contribution is 2.19. The number of pyridine rings is 1. The molecule has 128 valence electrons. The Labute approximate surface area is 139 Å². The largest absolute Gasteiger partial charge is 0.363 e. The SMILES string of the molecule is CN(C)c1cc(N2CCN(Cc3c(F)cncc3F)CC2)ncn1. The minimum atomic E-state index is -0.594. The summed E-state index contributed by atoms with van der Waals surface area (Å²) < 4.78 is 27.4. The third-order valence-electron chi connectivity index (χ3n) is 4.13. The van der Waals surface area contributed by atoms with Crippen LogP contribution in [0.5, 0.6) is 0 Å². The average Bonchev–Trinajstić information content (AvgIpc) is 2.59. The van der Waals surface area contributed by atoms with Crippen LogP contribution in [0.25, 0.3) is 0 Å². The topological polar surface area (TPSA) is 48.4 Å². The fraction of sp³-hybridized carbons (Fsp3) is 0.438. The van der Waals surface area contributed by atoms with E-state index >= 15 is 0 Å². The molecule has 1 fully saturated rings. The number of halogens is 2. The quantitative estimate of drug-likeness (QED) is 0.845. The Hall–Kier alpha value is -2.35. The average molecular weight is 334 g/mol.